The van der Waals surface area contributed by atoms with Crippen LogP contribution in [0, 0.1) is 0 Å². The molecule has 0 saturated heterocycles. The van der Waals surface area contributed by atoms with Crippen LogP contribution in [-0.2, 0) is 43.2 Å². The molecule has 0 unspecified atom stereocenters. The molecule has 0 aliphatic carbocycles. The van der Waals surface area contributed by atoms with Crippen LogP contribution in [0.5, 0.6) is 0 Å². The molecule has 18 N–H and O–H groups in total. The van der Waals surface area contributed by atoms with Crippen LogP contribution < -0.4 is 51.4 Å². The first-order chi connectivity index (χ1) is 20.4. The molecule has 46 heavy (non-hydrogen) atoms. The Morgan fingerprint density at radius 2 is 0.261 bits per heavy atom. The van der Waals surface area contributed by atoms with Gasteiger partial charge in [-0.25, -0.2) is 43.2 Å². The van der Waals surface area contributed by atoms with E-state index in [4.69, 9.17) is 135 Å². The molecule has 0 spiro atoms. The van der Waals surface area contributed by atoms with Crippen molar-refractivity contribution >= 4 is 53.7 Å². The Bertz CT molecular complexity index is 575. The SMILES string of the molecule is O=C(O)CO.O=C(O)CO.O=C(O)CO.O=C(O)CO.O=C(O)CO.O=C(O)CO.O=C(O)CO.O=C(O)CO.O=C(O)CO.[H-].[K+]. The number of carboxylic acid groups (broad SMARTS) is 9. The van der Waals surface area contributed by atoms with E-state index in [2.05, 4.69) is 0 Å². The minimum absolute atomic E-state index is 0. The van der Waals surface area contributed by atoms with Crippen molar-refractivity contribution in [2.45, 2.75) is 0 Å². The molecule has 0 bridgehead atoms. The van der Waals surface area contributed by atoms with Gasteiger partial charge in [-0.15, -0.1) is 0 Å². The van der Waals surface area contributed by atoms with Gasteiger partial charge in [-0.05, 0) is 0 Å². The van der Waals surface area contributed by atoms with Crippen molar-refractivity contribution in [3.05, 3.63) is 0 Å². The van der Waals surface area contributed by atoms with Gasteiger partial charge in [0, 0.05) is 0 Å². The first kappa shape index (κ1) is 69.3. The van der Waals surface area contributed by atoms with Gasteiger partial charge in [0.1, 0.15) is 59.5 Å². The van der Waals surface area contributed by atoms with Crippen LogP contribution in [-0.4, -0.2) is 205 Å². The molecule has 0 amide bonds. The van der Waals surface area contributed by atoms with Gasteiger partial charge in [-0.1, -0.05) is 0 Å². The fourth-order valence-electron chi connectivity index (χ4n) is 0. The van der Waals surface area contributed by atoms with Gasteiger partial charge in [0.05, 0.1) is 0 Å². The van der Waals surface area contributed by atoms with Gasteiger partial charge >= 0.3 is 105 Å². The van der Waals surface area contributed by atoms with Crippen molar-refractivity contribution < 1.29 is 188 Å². The number of aliphatic carboxylic acids is 9. The van der Waals surface area contributed by atoms with Crippen LogP contribution in [0.2, 0.25) is 0 Å². The summed E-state index contributed by atoms with van der Waals surface area (Å²) in [5.74, 6) is -10.7. The average Bonchev–Trinajstić information content (AvgIpc) is 2.99. The Kier molecular flexibility index (Phi) is 97.1. The third-order valence-electron chi connectivity index (χ3n) is 1.22. The Labute approximate surface area is 299 Å². The van der Waals surface area contributed by atoms with E-state index in [9.17, 15) is 0 Å². The molecule has 0 aromatic heterocycles. The minimum Gasteiger partial charge on any atom is -1.00 e. The van der Waals surface area contributed by atoms with Gasteiger partial charge in [-0.3, -0.25) is 0 Å². The monoisotopic (exact) mass is 724 g/mol. The van der Waals surface area contributed by atoms with Gasteiger partial charge in [-0.2, -0.15) is 0 Å². The van der Waals surface area contributed by atoms with E-state index in [-0.39, 0.29) is 52.8 Å². The summed E-state index contributed by atoms with van der Waals surface area (Å²) < 4.78 is 0. The number of rotatable bonds is 9. The molecule has 0 fully saturated rings. The average molecular weight is 725 g/mol. The summed E-state index contributed by atoms with van der Waals surface area (Å²) in [7, 11) is 0. The predicted molar refractivity (Wildman–Crippen MR) is 134 cm³/mol. The summed E-state index contributed by atoms with van der Waals surface area (Å²) in [6.07, 6.45) is 0. The fraction of sp³-hybridized carbons (Fsp3) is 0.500. The summed E-state index contributed by atoms with van der Waals surface area (Å²) in [5, 5.41) is 135. The Morgan fingerprint density at radius 3 is 0.261 bits per heavy atom. The Hall–Kier alpha value is -3.49. The van der Waals surface area contributed by atoms with E-state index in [0.717, 1.165) is 0 Å². The molecule has 0 radical (unpaired) electrons. The number of carbonyl (C=O) groups is 9. The zero-order chi connectivity index (χ0) is 38.6. The number of aliphatic hydroxyl groups excluding tert-OH is 9. The molecule has 0 heterocycles. The largest absolute Gasteiger partial charge is 1.00 e. The molecule has 0 aromatic carbocycles. The first-order valence-electron chi connectivity index (χ1n) is 9.88. The molecule has 28 heteroatoms. The summed E-state index contributed by atoms with van der Waals surface area (Å²) in [6.45, 7) is -7.00. The smallest absolute Gasteiger partial charge is 1.00 e. The van der Waals surface area contributed by atoms with Crippen molar-refractivity contribution in [2.24, 2.45) is 0 Å². The summed E-state index contributed by atoms with van der Waals surface area (Å²) in [5.41, 5.74) is 0. The number of hydrogen-bond donors (Lipinski definition) is 18. The summed E-state index contributed by atoms with van der Waals surface area (Å²) in [4.78, 5) is 82.1. The zero-order valence-corrected chi connectivity index (χ0v) is 26.7. The molecule has 0 atom stereocenters. The van der Waals surface area contributed by atoms with Crippen molar-refractivity contribution in [2.75, 3.05) is 59.5 Å². The van der Waals surface area contributed by atoms with E-state index in [0.29, 0.717) is 0 Å². The summed E-state index contributed by atoms with van der Waals surface area (Å²) in [6, 6.07) is 0. The molecule has 0 aromatic rings. The van der Waals surface area contributed by atoms with Crippen molar-refractivity contribution in [3.63, 3.8) is 0 Å². The van der Waals surface area contributed by atoms with Crippen molar-refractivity contribution in [1.82, 2.24) is 0 Å². The van der Waals surface area contributed by atoms with Gasteiger partial charge in [0.25, 0.3) is 0 Å². The van der Waals surface area contributed by atoms with Crippen LogP contribution in [0.1, 0.15) is 1.43 Å². The van der Waals surface area contributed by atoms with E-state index >= 15 is 0 Å². The van der Waals surface area contributed by atoms with Crippen LogP contribution in [0.3, 0.4) is 0 Å². The number of carboxylic acids is 9. The second-order valence-electron chi connectivity index (χ2n) is 4.97. The Balaban J connectivity index is -0.0000000343. The number of hydrogen-bond acceptors (Lipinski definition) is 18. The van der Waals surface area contributed by atoms with Crippen molar-refractivity contribution in [3.8, 4) is 0 Å². The van der Waals surface area contributed by atoms with Crippen LogP contribution in [0.15, 0.2) is 0 Å². The van der Waals surface area contributed by atoms with Gasteiger partial charge in [0.2, 0.25) is 0 Å². The third kappa shape index (κ3) is 300. The molecule has 0 aliphatic rings. The normalized spacial score (nSPS) is 7.24. The third-order valence-corrected chi connectivity index (χ3v) is 1.22. The van der Waals surface area contributed by atoms with E-state index < -0.39 is 113 Å². The topological polar surface area (TPSA) is 518 Å². The predicted octanol–water partition coefficient (Wildman–Crippen LogP) is -11.3. The zero-order valence-electron chi connectivity index (χ0n) is 24.6. The molecule has 272 valence electrons. The molecule has 27 nitrogen and oxygen atoms in total. The van der Waals surface area contributed by atoms with E-state index in [1.165, 1.54) is 0 Å². The standard InChI is InChI=1S/9C2H4O3.K.H/c9*3-1-2(4)5;;/h9*3H,1H2,(H,4,5);;/q;;;;;;;;;+1;-1. The second kappa shape index (κ2) is 64.5. The molecular formula is C18H37KO27. The number of aliphatic hydroxyl groups is 9. The van der Waals surface area contributed by atoms with E-state index in [1.54, 1.807) is 0 Å². The fourth-order valence-corrected chi connectivity index (χ4v) is 0. The minimum atomic E-state index is -1.19. The molecule has 0 rings (SSSR count). The maximum Gasteiger partial charge on any atom is 1.00 e. The van der Waals surface area contributed by atoms with Gasteiger partial charge in [0.15, 0.2) is 0 Å². The van der Waals surface area contributed by atoms with Crippen molar-refractivity contribution in [1.29, 1.82) is 0 Å². The van der Waals surface area contributed by atoms with Crippen LogP contribution in [0.25, 0.3) is 0 Å². The maximum absolute atomic E-state index is 9.12. The maximum atomic E-state index is 9.12. The van der Waals surface area contributed by atoms with Crippen LogP contribution in [0.4, 0.5) is 0 Å². The van der Waals surface area contributed by atoms with Crippen LogP contribution >= 0.6 is 0 Å². The first-order valence-corrected chi connectivity index (χ1v) is 9.88. The molecule has 0 aliphatic heterocycles. The summed E-state index contributed by atoms with van der Waals surface area (Å²) >= 11 is 0. The molecular weight excluding hydrogens is 687 g/mol. The second-order valence-corrected chi connectivity index (χ2v) is 4.97. The van der Waals surface area contributed by atoms with E-state index in [1.807, 2.05) is 0 Å². The Morgan fingerprint density at radius 1 is 0.239 bits per heavy atom. The molecule has 0 saturated carbocycles. The van der Waals surface area contributed by atoms with Gasteiger partial charge < -0.3 is 93.3 Å². The quantitative estimate of drug-likeness (QED) is 0.0981.